The van der Waals surface area contributed by atoms with Crippen molar-refractivity contribution in [2.24, 2.45) is 16.8 Å². The number of carbonyl (C=O) groups is 2. The van der Waals surface area contributed by atoms with Crippen LogP contribution in [0.15, 0.2) is 53.9 Å². The summed E-state index contributed by atoms with van der Waals surface area (Å²) in [6.45, 7) is 0.123. The van der Waals surface area contributed by atoms with Gasteiger partial charge < -0.3 is 21.2 Å². The summed E-state index contributed by atoms with van der Waals surface area (Å²) < 4.78 is 18.5. The second kappa shape index (κ2) is 11.0. The van der Waals surface area contributed by atoms with Crippen LogP contribution in [0.5, 0.6) is 5.75 Å². The third-order valence-corrected chi connectivity index (χ3v) is 6.04. The minimum absolute atomic E-state index is 0.0326. The lowest BCUT2D eigenvalue weighted by Crippen LogP contribution is -2.34. The molecule has 0 radical (unpaired) electrons. The normalized spacial score (nSPS) is 14.6. The van der Waals surface area contributed by atoms with E-state index in [-0.39, 0.29) is 29.7 Å². The average Bonchev–Trinajstić information content (AvgIpc) is 3.30. The van der Waals surface area contributed by atoms with Gasteiger partial charge in [0.15, 0.2) is 17.4 Å². The molecular weight excluding hydrogens is 479 g/mol. The summed E-state index contributed by atoms with van der Waals surface area (Å²) in [5.41, 5.74) is 3.57. The molecule has 1 aliphatic rings. The summed E-state index contributed by atoms with van der Waals surface area (Å²) in [6, 6.07) is 11.1. The van der Waals surface area contributed by atoms with Gasteiger partial charge in [-0.2, -0.15) is 5.10 Å². The molecule has 0 fully saturated rings. The number of carbonyl (C=O) groups excluding carboxylic acids is 2. The zero-order valence-corrected chi connectivity index (χ0v) is 20.4. The molecule has 1 aliphatic carbocycles. The van der Waals surface area contributed by atoms with E-state index in [2.05, 4.69) is 25.7 Å². The maximum atomic E-state index is 13.6. The zero-order valence-electron chi connectivity index (χ0n) is 20.4. The predicted octanol–water partition coefficient (Wildman–Crippen LogP) is 1.40. The van der Waals surface area contributed by atoms with Gasteiger partial charge in [0.2, 0.25) is 0 Å². The van der Waals surface area contributed by atoms with Crippen molar-refractivity contribution in [2.75, 3.05) is 14.2 Å². The first-order chi connectivity index (χ1) is 17.8. The number of hydrazone groups is 1. The summed E-state index contributed by atoms with van der Waals surface area (Å²) in [4.78, 5) is 33.6. The van der Waals surface area contributed by atoms with Gasteiger partial charge in [0, 0.05) is 25.2 Å². The summed E-state index contributed by atoms with van der Waals surface area (Å²) >= 11 is 0. The lowest BCUT2D eigenvalue weighted by molar-refractivity contribution is 0.0931. The number of benzene rings is 2. The van der Waals surface area contributed by atoms with E-state index in [9.17, 15) is 14.0 Å². The summed E-state index contributed by atoms with van der Waals surface area (Å²) in [7, 11) is 3.01. The number of nitrogens with two attached hydrogens (primary N) is 2. The molecule has 1 unspecified atom stereocenters. The van der Waals surface area contributed by atoms with Crippen molar-refractivity contribution in [1.29, 1.82) is 0 Å². The number of aryl methyl sites for hydroxylation is 1. The molecule has 0 saturated carbocycles. The van der Waals surface area contributed by atoms with E-state index in [1.54, 1.807) is 7.05 Å². The number of nitrogens with one attached hydrogen (secondary N) is 2. The monoisotopic (exact) mass is 506 g/mol. The molecule has 37 heavy (non-hydrogen) atoms. The Morgan fingerprint density at radius 1 is 1.16 bits per heavy atom. The third-order valence-electron chi connectivity index (χ3n) is 6.04. The Kier molecular flexibility index (Phi) is 7.58. The van der Waals surface area contributed by atoms with Gasteiger partial charge in [-0.25, -0.2) is 20.2 Å². The predicted molar refractivity (Wildman–Crippen MR) is 134 cm³/mol. The maximum Gasteiger partial charge on any atom is 0.270 e. The van der Waals surface area contributed by atoms with Gasteiger partial charge in [0.25, 0.3) is 11.8 Å². The second-order valence-corrected chi connectivity index (χ2v) is 8.48. The molecule has 1 atom stereocenters. The topological polar surface area (TPSA) is 161 Å². The van der Waals surface area contributed by atoms with E-state index in [4.69, 9.17) is 16.4 Å². The third kappa shape index (κ3) is 5.64. The van der Waals surface area contributed by atoms with Crippen molar-refractivity contribution in [3.8, 4) is 5.75 Å². The molecule has 6 N–H and O–H groups in total. The average molecular weight is 507 g/mol. The minimum Gasteiger partial charge on any atom is -0.494 e. The van der Waals surface area contributed by atoms with Crippen LogP contribution in [0.3, 0.4) is 0 Å². The van der Waals surface area contributed by atoms with Crippen LogP contribution >= 0.6 is 0 Å². The van der Waals surface area contributed by atoms with E-state index >= 15 is 0 Å². The molecule has 11 nitrogen and oxygen atoms in total. The Labute approximate surface area is 212 Å². The summed E-state index contributed by atoms with van der Waals surface area (Å²) in [5, 5.41) is 10.8. The van der Waals surface area contributed by atoms with E-state index in [0.717, 1.165) is 29.4 Å². The molecule has 4 rings (SSSR count). The van der Waals surface area contributed by atoms with Gasteiger partial charge in [0.05, 0.1) is 13.2 Å². The van der Waals surface area contributed by atoms with Gasteiger partial charge in [-0.05, 0) is 47.7 Å². The number of aromatic nitrogens is 2. The van der Waals surface area contributed by atoms with Crippen LogP contribution in [0, 0.1) is 5.82 Å². The number of amidine groups is 1. The van der Waals surface area contributed by atoms with E-state index in [1.165, 1.54) is 36.4 Å². The van der Waals surface area contributed by atoms with Crippen LogP contribution in [0.2, 0.25) is 0 Å². The number of nitrogens with zero attached hydrogens (tertiary/aromatic N) is 4. The molecule has 0 spiro atoms. The highest BCUT2D eigenvalue weighted by Gasteiger charge is 2.26. The van der Waals surface area contributed by atoms with Crippen molar-refractivity contribution in [3.63, 3.8) is 0 Å². The molecule has 3 aromatic rings. The molecule has 0 saturated heterocycles. The van der Waals surface area contributed by atoms with Crippen molar-refractivity contribution >= 4 is 17.6 Å². The number of hydrogen-bond acceptors (Lipinski definition) is 8. The number of halogens is 1. The highest BCUT2D eigenvalue weighted by molar-refractivity contribution is 5.99. The molecule has 12 heteroatoms. The number of rotatable bonds is 7. The van der Waals surface area contributed by atoms with Crippen LogP contribution in [-0.4, -0.2) is 46.8 Å². The standard InChI is InChI=1S/C25H27FN8O3/c1-34(28)23(33-27)16-4-6-17-15(10-16)5-8-19(17)32-25(36)21-11-20(30-13-31-21)24(35)29-12-14-3-7-18(26)22(9-14)37-2/h3-4,6-7,9-11,13,19H,5,8,12,27-28H2,1-2H3,(H,29,35)(H,32,36)/b33-23-. The first kappa shape index (κ1) is 25.5. The smallest absolute Gasteiger partial charge is 0.270 e. The lowest BCUT2D eigenvalue weighted by Gasteiger charge is -2.17. The van der Waals surface area contributed by atoms with Gasteiger partial charge >= 0.3 is 0 Å². The fourth-order valence-electron chi connectivity index (χ4n) is 4.20. The lowest BCUT2D eigenvalue weighted by atomic mass is 10.0. The van der Waals surface area contributed by atoms with Crippen LogP contribution in [0.25, 0.3) is 0 Å². The van der Waals surface area contributed by atoms with E-state index in [0.29, 0.717) is 17.8 Å². The largest absolute Gasteiger partial charge is 0.494 e. The number of ether oxygens (including phenoxy) is 1. The first-order valence-electron chi connectivity index (χ1n) is 11.4. The fourth-order valence-corrected chi connectivity index (χ4v) is 4.20. The van der Waals surface area contributed by atoms with Crippen LogP contribution in [-0.2, 0) is 13.0 Å². The van der Waals surface area contributed by atoms with Crippen molar-refractivity contribution < 1.29 is 18.7 Å². The van der Waals surface area contributed by atoms with Crippen molar-refractivity contribution in [2.45, 2.75) is 25.4 Å². The van der Waals surface area contributed by atoms with E-state index in [1.807, 2.05) is 18.2 Å². The van der Waals surface area contributed by atoms with E-state index < -0.39 is 17.6 Å². The van der Waals surface area contributed by atoms with Crippen molar-refractivity contribution in [1.82, 2.24) is 25.6 Å². The quantitative estimate of drug-likeness (QED) is 0.162. The first-order valence-corrected chi connectivity index (χ1v) is 11.4. The number of fused-ring (bicyclic) bond motifs is 1. The number of methoxy groups -OCH3 is 1. The number of hydrazine groups is 1. The van der Waals surface area contributed by atoms with Crippen LogP contribution in [0.4, 0.5) is 4.39 Å². The molecule has 0 bridgehead atoms. The fraction of sp³-hybridized carbons (Fsp3) is 0.240. The molecule has 192 valence electrons. The Morgan fingerprint density at radius 3 is 2.62 bits per heavy atom. The Bertz CT molecular complexity index is 1360. The van der Waals surface area contributed by atoms with Gasteiger partial charge in [-0.15, -0.1) is 0 Å². The molecule has 0 aliphatic heterocycles. The molecule has 1 aromatic heterocycles. The molecule has 2 aromatic carbocycles. The summed E-state index contributed by atoms with van der Waals surface area (Å²) in [6.07, 6.45) is 2.63. The van der Waals surface area contributed by atoms with Gasteiger partial charge in [-0.3, -0.25) is 14.6 Å². The van der Waals surface area contributed by atoms with Gasteiger partial charge in [0.1, 0.15) is 17.7 Å². The SMILES string of the molecule is COc1cc(CNC(=O)c2cc(C(=O)NC3CCc4cc(/C(=N/N)N(C)N)ccc43)ncn2)ccc1F. The Morgan fingerprint density at radius 2 is 1.92 bits per heavy atom. The second-order valence-electron chi connectivity index (χ2n) is 8.48. The summed E-state index contributed by atoms with van der Waals surface area (Å²) in [5.74, 6) is 10.4. The number of hydrogen-bond donors (Lipinski definition) is 4. The van der Waals surface area contributed by atoms with Crippen molar-refractivity contribution in [3.05, 3.63) is 88.3 Å². The molecular formula is C25H27FN8O3. The minimum atomic E-state index is -0.499. The number of amides is 2. The van der Waals surface area contributed by atoms with Gasteiger partial charge in [-0.1, -0.05) is 18.2 Å². The highest BCUT2D eigenvalue weighted by Crippen LogP contribution is 2.32. The molecule has 2 amide bonds. The van der Waals surface area contributed by atoms with Crippen LogP contribution in [0.1, 0.15) is 55.7 Å². The highest BCUT2D eigenvalue weighted by atomic mass is 19.1. The Hall–Kier alpha value is -4.58. The molecule has 1 heterocycles. The zero-order chi connectivity index (χ0) is 26.5. The Balaban J connectivity index is 1.41. The van der Waals surface area contributed by atoms with Crippen LogP contribution < -0.4 is 27.1 Å². The maximum absolute atomic E-state index is 13.6.